The molecule has 26 heavy (non-hydrogen) atoms. The van der Waals surface area contributed by atoms with Crippen LogP contribution < -0.4 is 4.74 Å². The highest BCUT2D eigenvalue weighted by atomic mass is 16.5. The fraction of sp³-hybridized carbons (Fsp3) is 0.333. The number of aliphatic hydroxyl groups is 1. The normalized spacial score (nSPS) is 16.0. The van der Waals surface area contributed by atoms with Crippen molar-refractivity contribution in [2.75, 3.05) is 0 Å². The Morgan fingerprint density at radius 1 is 1.04 bits per heavy atom. The Morgan fingerprint density at radius 3 is 2.38 bits per heavy atom. The van der Waals surface area contributed by atoms with Gasteiger partial charge in [0.25, 0.3) is 0 Å². The minimum atomic E-state index is 0.264. The average Bonchev–Trinajstić information content (AvgIpc) is 2.65. The summed E-state index contributed by atoms with van der Waals surface area (Å²) in [5, 5.41) is 9.94. The monoisotopic (exact) mass is 350 g/mol. The van der Waals surface area contributed by atoms with Crippen molar-refractivity contribution in [3.63, 3.8) is 0 Å². The van der Waals surface area contributed by atoms with Crippen molar-refractivity contribution >= 4 is 0 Å². The van der Waals surface area contributed by atoms with Crippen LogP contribution in [0.25, 0.3) is 0 Å². The van der Waals surface area contributed by atoms with Crippen LogP contribution in [0.1, 0.15) is 44.2 Å². The third kappa shape index (κ3) is 6.44. The van der Waals surface area contributed by atoms with Gasteiger partial charge in [-0.3, -0.25) is 0 Å². The largest absolute Gasteiger partial charge is 0.512 e. The molecule has 138 valence electrons. The summed E-state index contributed by atoms with van der Waals surface area (Å²) in [7, 11) is 0. The van der Waals surface area contributed by atoms with E-state index in [4.69, 9.17) is 4.74 Å². The Balaban J connectivity index is 0.000000254. The summed E-state index contributed by atoms with van der Waals surface area (Å²) >= 11 is 0. The molecule has 0 radical (unpaired) electrons. The molecular weight excluding hydrogens is 320 g/mol. The smallest absolute Gasteiger partial charge is 0.127 e. The van der Waals surface area contributed by atoms with Gasteiger partial charge in [-0.2, -0.15) is 0 Å². The zero-order chi connectivity index (χ0) is 18.8. The lowest BCUT2D eigenvalue weighted by Gasteiger charge is -2.19. The highest BCUT2D eigenvalue weighted by molar-refractivity contribution is 5.32. The van der Waals surface area contributed by atoms with Gasteiger partial charge in [0.05, 0.1) is 5.76 Å². The van der Waals surface area contributed by atoms with E-state index in [-0.39, 0.29) is 5.92 Å². The maximum absolute atomic E-state index is 9.94. The summed E-state index contributed by atoms with van der Waals surface area (Å²) in [5.41, 5.74) is 2.58. The molecule has 0 aromatic heterocycles. The molecule has 2 aromatic carbocycles. The van der Waals surface area contributed by atoms with E-state index in [9.17, 15) is 5.11 Å². The third-order valence-electron chi connectivity index (χ3n) is 4.43. The lowest BCUT2D eigenvalue weighted by molar-refractivity contribution is 0.303. The van der Waals surface area contributed by atoms with Crippen LogP contribution in [-0.2, 0) is 6.42 Å². The lowest BCUT2D eigenvalue weighted by Crippen LogP contribution is -2.09. The van der Waals surface area contributed by atoms with E-state index in [0.29, 0.717) is 5.76 Å². The van der Waals surface area contributed by atoms with Gasteiger partial charge < -0.3 is 9.84 Å². The molecule has 0 saturated heterocycles. The highest BCUT2D eigenvalue weighted by Crippen LogP contribution is 2.27. The molecule has 0 heterocycles. The van der Waals surface area contributed by atoms with Crippen LogP contribution in [0, 0.1) is 12.8 Å². The molecule has 2 heteroatoms. The van der Waals surface area contributed by atoms with E-state index in [0.717, 1.165) is 37.2 Å². The van der Waals surface area contributed by atoms with Gasteiger partial charge in [0.15, 0.2) is 0 Å². The molecule has 1 aliphatic carbocycles. The van der Waals surface area contributed by atoms with Gasteiger partial charge in [-0.05, 0) is 55.5 Å². The second-order valence-electron chi connectivity index (χ2n) is 6.65. The fourth-order valence-corrected chi connectivity index (χ4v) is 2.92. The molecule has 1 unspecified atom stereocenters. The van der Waals surface area contributed by atoms with Crippen LogP contribution >= 0.6 is 0 Å². The Morgan fingerprint density at radius 2 is 1.81 bits per heavy atom. The number of benzene rings is 2. The van der Waals surface area contributed by atoms with E-state index in [1.165, 1.54) is 11.1 Å². The van der Waals surface area contributed by atoms with E-state index in [2.05, 4.69) is 44.2 Å². The Bertz CT molecular complexity index is 729. The van der Waals surface area contributed by atoms with Crippen LogP contribution in [0.2, 0.25) is 0 Å². The third-order valence-corrected chi connectivity index (χ3v) is 4.43. The number of ether oxygens (including phenoxy) is 1. The first-order valence-electron chi connectivity index (χ1n) is 9.51. The fourth-order valence-electron chi connectivity index (χ4n) is 2.92. The Hall–Kier alpha value is -2.48. The van der Waals surface area contributed by atoms with Crippen molar-refractivity contribution in [3.05, 3.63) is 89.4 Å². The SMILES string of the molecule is CCCC1CC=C(Oc2cccc(C)c2)C=C1O.CCc1ccccc1. The molecular formula is C24H30O2. The molecule has 1 aliphatic rings. The van der Waals surface area contributed by atoms with Crippen LogP contribution in [0.15, 0.2) is 78.3 Å². The van der Waals surface area contributed by atoms with Gasteiger partial charge >= 0.3 is 0 Å². The van der Waals surface area contributed by atoms with Crippen LogP contribution in [0.3, 0.4) is 0 Å². The minimum absolute atomic E-state index is 0.264. The molecule has 2 aromatic rings. The summed E-state index contributed by atoms with van der Waals surface area (Å²) < 4.78 is 5.76. The van der Waals surface area contributed by atoms with E-state index >= 15 is 0 Å². The summed E-state index contributed by atoms with van der Waals surface area (Å²) in [6.45, 7) is 6.33. The number of hydrogen-bond donors (Lipinski definition) is 1. The predicted molar refractivity (Wildman–Crippen MR) is 109 cm³/mol. The molecule has 3 rings (SSSR count). The molecule has 0 bridgehead atoms. The first kappa shape index (κ1) is 19.8. The topological polar surface area (TPSA) is 29.5 Å². The second-order valence-corrected chi connectivity index (χ2v) is 6.65. The van der Waals surface area contributed by atoms with Crippen molar-refractivity contribution in [3.8, 4) is 5.75 Å². The lowest BCUT2D eigenvalue weighted by atomic mass is 9.93. The maximum atomic E-state index is 9.94. The van der Waals surface area contributed by atoms with Gasteiger partial charge in [-0.15, -0.1) is 0 Å². The molecule has 0 saturated carbocycles. The standard InChI is InChI=1S/C16H20O2.C8H10/c1-3-5-13-8-9-15(11-16(13)17)18-14-7-4-6-12(2)10-14;1-2-8-6-4-3-5-7-8/h4,6-7,9-11,13,17H,3,5,8H2,1-2H3;3-7H,2H2,1H3. The van der Waals surface area contributed by atoms with Crippen molar-refractivity contribution in [2.24, 2.45) is 5.92 Å². The summed E-state index contributed by atoms with van der Waals surface area (Å²) in [6, 6.07) is 18.4. The summed E-state index contributed by atoms with van der Waals surface area (Å²) in [6.07, 6.45) is 7.91. The molecule has 2 nitrogen and oxygen atoms in total. The van der Waals surface area contributed by atoms with Gasteiger partial charge in [-0.1, -0.05) is 62.7 Å². The van der Waals surface area contributed by atoms with E-state index in [1.807, 2.05) is 37.3 Å². The zero-order valence-electron chi connectivity index (χ0n) is 16.1. The predicted octanol–water partition coefficient (Wildman–Crippen LogP) is 6.77. The quantitative estimate of drug-likeness (QED) is 0.645. The minimum Gasteiger partial charge on any atom is -0.512 e. The Kier molecular flexibility index (Phi) is 8.01. The first-order valence-corrected chi connectivity index (χ1v) is 9.51. The number of aryl methyl sites for hydroxylation is 2. The van der Waals surface area contributed by atoms with Gasteiger partial charge in [0.1, 0.15) is 11.5 Å². The van der Waals surface area contributed by atoms with Gasteiger partial charge in [0, 0.05) is 12.0 Å². The average molecular weight is 351 g/mol. The molecule has 0 spiro atoms. The van der Waals surface area contributed by atoms with E-state index < -0.39 is 0 Å². The number of allylic oxidation sites excluding steroid dienone is 3. The van der Waals surface area contributed by atoms with Crippen molar-refractivity contribution < 1.29 is 9.84 Å². The van der Waals surface area contributed by atoms with Crippen molar-refractivity contribution in [2.45, 2.75) is 46.5 Å². The number of hydrogen-bond acceptors (Lipinski definition) is 2. The number of rotatable bonds is 5. The first-order chi connectivity index (χ1) is 12.6. The van der Waals surface area contributed by atoms with Crippen LogP contribution in [0.5, 0.6) is 5.75 Å². The van der Waals surface area contributed by atoms with E-state index in [1.54, 1.807) is 6.08 Å². The second kappa shape index (κ2) is 10.5. The Labute approximate surface area is 157 Å². The van der Waals surface area contributed by atoms with Gasteiger partial charge in [0.2, 0.25) is 0 Å². The highest BCUT2D eigenvalue weighted by Gasteiger charge is 2.17. The van der Waals surface area contributed by atoms with Crippen molar-refractivity contribution in [1.29, 1.82) is 0 Å². The summed E-state index contributed by atoms with van der Waals surface area (Å²) in [4.78, 5) is 0. The summed E-state index contributed by atoms with van der Waals surface area (Å²) in [5.74, 6) is 2.27. The molecule has 0 aliphatic heterocycles. The van der Waals surface area contributed by atoms with Crippen LogP contribution in [0.4, 0.5) is 0 Å². The molecule has 1 atom stereocenters. The van der Waals surface area contributed by atoms with Gasteiger partial charge in [-0.25, -0.2) is 0 Å². The zero-order valence-corrected chi connectivity index (χ0v) is 16.1. The van der Waals surface area contributed by atoms with Crippen LogP contribution in [-0.4, -0.2) is 5.11 Å². The molecule has 1 N–H and O–H groups in total. The number of aliphatic hydroxyl groups excluding tert-OH is 1. The van der Waals surface area contributed by atoms with Crippen molar-refractivity contribution in [1.82, 2.24) is 0 Å². The maximum Gasteiger partial charge on any atom is 0.127 e. The molecule has 0 fully saturated rings. The molecule has 0 amide bonds.